The summed E-state index contributed by atoms with van der Waals surface area (Å²) in [5, 5.41) is 8.63. The van der Waals surface area contributed by atoms with Crippen LogP contribution < -0.4 is 10.5 Å². The predicted molar refractivity (Wildman–Crippen MR) is 69.3 cm³/mol. The first-order chi connectivity index (χ1) is 9.08. The molecule has 3 N–H and O–H groups in total. The molecule has 0 aliphatic carbocycles. The van der Waals surface area contributed by atoms with Crippen molar-refractivity contribution in [3.63, 3.8) is 0 Å². The van der Waals surface area contributed by atoms with E-state index < -0.39 is 11.8 Å². The Morgan fingerprint density at radius 3 is 2.26 bits per heavy atom. The summed E-state index contributed by atoms with van der Waals surface area (Å²) >= 11 is 0. The topological polar surface area (TPSA) is 89.6 Å². The Morgan fingerprint density at radius 2 is 1.68 bits per heavy atom. The van der Waals surface area contributed by atoms with E-state index in [1.165, 1.54) is 18.2 Å². The van der Waals surface area contributed by atoms with Crippen molar-refractivity contribution in [2.24, 2.45) is 0 Å². The van der Waals surface area contributed by atoms with Crippen LogP contribution >= 0.6 is 0 Å². The SMILES string of the molecule is Nc1cc(Oc2ccccc2)ccc1C(=O)C(=O)O. The van der Waals surface area contributed by atoms with Crippen molar-refractivity contribution in [2.75, 3.05) is 5.73 Å². The molecule has 0 saturated carbocycles. The molecule has 0 unspecified atom stereocenters. The Bertz CT molecular complexity index is 623. The van der Waals surface area contributed by atoms with Gasteiger partial charge in [-0.2, -0.15) is 0 Å². The number of hydrogen-bond acceptors (Lipinski definition) is 4. The molecule has 0 spiro atoms. The molecule has 2 aromatic rings. The number of aliphatic carboxylic acids is 1. The first-order valence-corrected chi connectivity index (χ1v) is 5.48. The average Bonchev–Trinajstić information content (AvgIpc) is 2.39. The molecule has 0 fully saturated rings. The second-order valence-corrected chi connectivity index (χ2v) is 3.80. The van der Waals surface area contributed by atoms with E-state index in [1.807, 2.05) is 18.2 Å². The zero-order valence-corrected chi connectivity index (χ0v) is 9.87. The highest BCUT2D eigenvalue weighted by Crippen LogP contribution is 2.25. The minimum atomic E-state index is -1.54. The van der Waals surface area contributed by atoms with Crippen LogP contribution in [0.4, 0.5) is 5.69 Å². The van der Waals surface area contributed by atoms with Gasteiger partial charge in [-0.25, -0.2) is 4.79 Å². The van der Waals surface area contributed by atoms with Gasteiger partial charge >= 0.3 is 5.97 Å². The Morgan fingerprint density at radius 1 is 1.00 bits per heavy atom. The van der Waals surface area contributed by atoms with E-state index >= 15 is 0 Å². The maximum atomic E-state index is 11.3. The van der Waals surface area contributed by atoms with Crippen molar-refractivity contribution < 1.29 is 19.4 Å². The molecule has 19 heavy (non-hydrogen) atoms. The number of carbonyl (C=O) groups excluding carboxylic acids is 1. The first kappa shape index (κ1) is 12.6. The Balaban J connectivity index is 2.24. The number of rotatable bonds is 4. The van der Waals surface area contributed by atoms with Gasteiger partial charge in [0.1, 0.15) is 11.5 Å². The molecule has 5 heteroatoms. The molecule has 2 rings (SSSR count). The third-order valence-electron chi connectivity index (χ3n) is 2.44. The van der Waals surface area contributed by atoms with Gasteiger partial charge in [-0.3, -0.25) is 4.79 Å². The highest BCUT2D eigenvalue weighted by molar-refractivity contribution is 6.41. The van der Waals surface area contributed by atoms with Crippen LogP contribution in [0.15, 0.2) is 48.5 Å². The fourth-order valence-corrected chi connectivity index (χ4v) is 1.55. The minimum Gasteiger partial charge on any atom is -0.475 e. The number of para-hydroxylation sites is 1. The molecule has 0 atom stereocenters. The molecular formula is C14H11NO4. The van der Waals surface area contributed by atoms with Crippen LogP contribution in [-0.4, -0.2) is 16.9 Å². The summed E-state index contributed by atoms with van der Waals surface area (Å²) in [6.45, 7) is 0. The lowest BCUT2D eigenvalue weighted by Gasteiger charge is -2.08. The smallest absolute Gasteiger partial charge is 0.377 e. The fraction of sp³-hybridized carbons (Fsp3) is 0. The van der Waals surface area contributed by atoms with Crippen LogP contribution in [0, 0.1) is 0 Å². The summed E-state index contributed by atoms with van der Waals surface area (Å²) in [4.78, 5) is 21.9. The lowest BCUT2D eigenvalue weighted by atomic mass is 10.1. The number of benzene rings is 2. The van der Waals surface area contributed by atoms with E-state index in [0.717, 1.165) is 0 Å². The van der Waals surface area contributed by atoms with Gasteiger partial charge in [0.15, 0.2) is 0 Å². The third kappa shape index (κ3) is 2.90. The highest BCUT2D eigenvalue weighted by Gasteiger charge is 2.17. The fourth-order valence-electron chi connectivity index (χ4n) is 1.55. The van der Waals surface area contributed by atoms with Crippen molar-refractivity contribution in [3.05, 3.63) is 54.1 Å². The number of carboxylic acids is 1. The number of ether oxygens (including phenoxy) is 1. The van der Waals surface area contributed by atoms with Gasteiger partial charge in [-0.05, 0) is 24.3 Å². The second kappa shape index (κ2) is 5.22. The highest BCUT2D eigenvalue weighted by atomic mass is 16.5. The third-order valence-corrected chi connectivity index (χ3v) is 2.44. The molecule has 5 nitrogen and oxygen atoms in total. The Kier molecular flexibility index (Phi) is 3.47. The molecule has 96 valence electrons. The van der Waals surface area contributed by atoms with E-state index in [4.69, 9.17) is 15.6 Å². The molecule has 0 aliphatic rings. The van der Waals surface area contributed by atoms with Crippen LogP contribution in [0.2, 0.25) is 0 Å². The quantitative estimate of drug-likeness (QED) is 0.498. The van der Waals surface area contributed by atoms with E-state index in [-0.39, 0.29) is 11.3 Å². The summed E-state index contributed by atoms with van der Waals surface area (Å²) < 4.78 is 5.52. The molecule has 0 amide bonds. The summed E-state index contributed by atoms with van der Waals surface area (Å²) in [5.41, 5.74) is 5.67. The number of carbonyl (C=O) groups is 2. The largest absolute Gasteiger partial charge is 0.475 e. The molecule has 2 aromatic carbocycles. The van der Waals surface area contributed by atoms with Crippen LogP contribution in [-0.2, 0) is 4.79 Å². The van der Waals surface area contributed by atoms with Gasteiger partial charge in [0.25, 0.3) is 5.78 Å². The number of nitrogens with two attached hydrogens (primary N) is 1. The van der Waals surface area contributed by atoms with Crippen molar-refractivity contribution in [1.29, 1.82) is 0 Å². The van der Waals surface area contributed by atoms with Crippen LogP contribution in [0.5, 0.6) is 11.5 Å². The summed E-state index contributed by atoms with van der Waals surface area (Å²) in [6, 6.07) is 13.3. The van der Waals surface area contributed by atoms with Gasteiger partial charge in [-0.15, -0.1) is 0 Å². The van der Waals surface area contributed by atoms with Gasteiger partial charge in [0.2, 0.25) is 0 Å². The van der Waals surface area contributed by atoms with Crippen LogP contribution in [0.3, 0.4) is 0 Å². The van der Waals surface area contributed by atoms with E-state index in [0.29, 0.717) is 11.5 Å². The number of anilines is 1. The lowest BCUT2D eigenvalue weighted by Crippen LogP contribution is -2.14. The first-order valence-electron chi connectivity index (χ1n) is 5.48. The summed E-state index contributed by atoms with van der Waals surface area (Å²) in [7, 11) is 0. The molecule has 0 heterocycles. The molecular weight excluding hydrogens is 246 g/mol. The van der Waals surface area contributed by atoms with Crippen molar-refractivity contribution in [1.82, 2.24) is 0 Å². The monoisotopic (exact) mass is 257 g/mol. The lowest BCUT2D eigenvalue weighted by molar-refractivity contribution is -0.131. The standard InChI is InChI=1S/C14H11NO4/c15-12-8-10(19-9-4-2-1-3-5-9)6-7-11(12)13(16)14(17)18/h1-8H,15H2,(H,17,18). The number of nitrogen functional groups attached to an aromatic ring is 1. The number of carboxylic acid groups (broad SMARTS) is 1. The molecule has 0 radical (unpaired) electrons. The average molecular weight is 257 g/mol. The van der Waals surface area contributed by atoms with Gasteiger partial charge in [-0.1, -0.05) is 18.2 Å². The number of hydrogen-bond donors (Lipinski definition) is 2. The number of Topliss-reactive ketones (excluding diaryl/α,β-unsaturated/α-hetero) is 1. The van der Waals surface area contributed by atoms with Crippen LogP contribution in [0.1, 0.15) is 10.4 Å². The zero-order valence-electron chi connectivity index (χ0n) is 9.87. The molecule has 0 aromatic heterocycles. The van der Waals surface area contributed by atoms with Gasteiger partial charge in [0, 0.05) is 11.8 Å². The van der Waals surface area contributed by atoms with Crippen molar-refractivity contribution >= 4 is 17.4 Å². The minimum absolute atomic E-state index is 0.0482. The van der Waals surface area contributed by atoms with Crippen molar-refractivity contribution in [3.8, 4) is 11.5 Å². The summed E-state index contributed by atoms with van der Waals surface area (Å²) in [5.74, 6) is -1.52. The van der Waals surface area contributed by atoms with E-state index in [2.05, 4.69) is 0 Å². The normalized spacial score (nSPS) is 9.89. The summed E-state index contributed by atoms with van der Waals surface area (Å²) in [6.07, 6.45) is 0. The predicted octanol–water partition coefficient (Wildman–Crippen LogP) is 2.33. The number of ketones is 1. The Labute approximate surface area is 109 Å². The van der Waals surface area contributed by atoms with E-state index in [1.54, 1.807) is 12.1 Å². The van der Waals surface area contributed by atoms with Gasteiger partial charge < -0.3 is 15.6 Å². The second-order valence-electron chi connectivity index (χ2n) is 3.80. The van der Waals surface area contributed by atoms with Gasteiger partial charge in [0.05, 0.1) is 5.56 Å². The van der Waals surface area contributed by atoms with Crippen molar-refractivity contribution in [2.45, 2.75) is 0 Å². The van der Waals surface area contributed by atoms with E-state index in [9.17, 15) is 9.59 Å². The zero-order chi connectivity index (χ0) is 13.8. The maximum absolute atomic E-state index is 11.3. The molecule has 0 saturated heterocycles. The van der Waals surface area contributed by atoms with Crippen LogP contribution in [0.25, 0.3) is 0 Å². The maximum Gasteiger partial charge on any atom is 0.377 e. The Hall–Kier alpha value is -2.82. The molecule has 0 bridgehead atoms. The molecule has 0 aliphatic heterocycles.